The fourth-order valence-electron chi connectivity index (χ4n) is 4.86. The number of halogens is 2. The molecular weight excluding hydrogens is 439 g/mol. The van der Waals surface area contributed by atoms with Gasteiger partial charge in [0.25, 0.3) is 0 Å². The molecule has 0 aromatic heterocycles. The van der Waals surface area contributed by atoms with Gasteiger partial charge in [-0.05, 0) is 80.1 Å². The summed E-state index contributed by atoms with van der Waals surface area (Å²) in [5.41, 5.74) is 2.86. The van der Waals surface area contributed by atoms with Gasteiger partial charge in [-0.3, -0.25) is 4.55 Å². The van der Waals surface area contributed by atoms with Crippen molar-refractivity contribution < 1.29 is 17.9 Å². The number of rotatable bonds is 9. The van der Waals surface area contributed by atoms with E-state index in [-0.39, 0.29) is 35.7 Å². The zero-order chi connectivity index (χ0) is 22.0. The normalized spacial score (nSPS) is 22.6. The lowest BCUT2D eigenvalue weighted by atomic mass is 9.75. The van der Waals surface area contributed by atoms with E-state index in [0.29, 0.717) is 11.4 Å². The summed E-state index contributed by atoms with van der Waals surface area (Å²) in [6.07, 6.45) is 4.78. The fourth-order valence-corrected chi connectivity index (χ4v) is 5.75. The standard InChI is InChI=1S/C23H28ClFN2O3S/c1-26-21-13-16-12-20(25)22(30-9-8-23(6-3-7-23)27-31(28)29)14-18(16)19(21)11-15-4-2-5-17(24)10-15/h2,4-5,10,12,14,19,21,26-27H,3,6-9,11,13H2,1H3,(H,28,29). The third-order valence-electron chi connectivity index (χ3n) is 6.69. The molecule has 31 heavy (non-hydrogen) atoms. The van der Waals surface area contributed by atoms with Crippen LogP contribution in [0.3, 0.4) is 0 Å². The van der Waals surface area contributed by atoms with Crippen LogP contribution in [0, 0.1) is 5.82 Å². The Bertz CT molecular complexity index is 970. The van der Waals surface area contributed by atoms with Gasteiger partial charge in [-0.25, -0.2) is 13.3 Å². The predicted molar refractivity (Wildman–Crippen MR) is 121 cm³/mol. The molecule has 0 amide bonds. The highest BCUT2D eigenvalue weighted by molar-refractivity contribution is 7.77. The summed E-state index contributed by atoms with van der Waals surface area (Å²) in [4.78, 5) is 0. The minimum atomic E-state index is -2.06. The maximum atomic E-state index is 14.7. The number of benzene rings is 2. The van der Waals surface area contributed by atoms with Crippen molar-refractivity contribution >= 4 is 22.9 Å². The number of hydrogen-bond acceptors (Lipinski definition) is 3. The Balaban J connectivity index is 1.49. The molecule has 0 spiro atoms. The van der Waals surface area contributed by atoms with E-state index >= 15 is 0 Å². The molecule has 2 aliphatic rings. The van der Waals surface area contributed by atoms with Crippen molar-refractivity contribution in [3.8, 4) is 5.75 Å². The van der Waals surface area contributed by atoms with Crippen LogP contribution in [0.2, 0.25) is 5.02 Å². The molecule has 0 radical (unpaired) electrons. The monoisotopic (exact) mass is 466 g/mol. The Labute approximate surface area is 190 Å². The molecule has 2 aliphatic carbocycles. The Kier molecular flexibility index (Phi) is 6.98. The van der Waals surface area contributed by atoms with E-state index in [4.69, 9.17) is 16.3 Å². The molecule has 2 aromatic carbocycles. The van der Waals surface area contributed by atoms with Crippen molar-refractivity contribution in [3.05, 3.63) is 63.9 Å². The van der Waals surface area contributed by atoms with Crippen molar-refractivity contribution in [2.24, 2.45) is 0 Å². The van der Waals surface area contributed by atoms with Gasteiger partial charge in [0.1, 0.15) is 0 Å². The summed E-state index contributed by atoms with van der Waals surface area (Å²) in [7, 11) is 1.94. The van der Waals surface area contributed by atoms with Gasteiger partial charge in [0, 0.05) is 28.9 Å². The molecule has 3 unspecified atom stereocenters. The summed E-state index contributed by atoms with van der Waals surface area (Å²) >= 11 is 4.10. The molecule has 5 nitrogen and oxygen atoms in total. The molecule has 0 bridgehead atoms. The Hall–Kier alpha value is -1.51. The summed E-state index contributed by atoms with van der Waals surface area (Å²) in [5.74, 6) is 0.0717. The topological polar surface area (TPSA) is 70.6 Å². The number of hydrogen-bond donors (Lipinski definition) is 3. The Morgan fingerprint density at radius 3 is 2.77 bits per heavy atom. The number of likely N-dealkylation sites (N-methyl/N-ethyl adjacent to an activating group) is 1. The lowest BCUT2D eigenvalue weighted by Crippen LogP contribution is -2.52. The first-order valence-corrected chi connectivity index (χ1v) is 12.1. The quantitative estimate of drug-likeness (QED) is 0.480. The van der Waals surface area contributed by atoms with Crippen LogP contribution in [0.25, 0.3) is 0 Å². The van der Waals surface area contributed by atoms with E-state index in [9.17, 15) is 13.2 Å². The van der Waals surface area contributed by atoms with Crippen LogP contribution < -0.4 is 14.8 Å². The second kappa shape index (κ2) is 9.55. The van der Waals surface area contributed by atoms with Gasteiger partial charge >= 0.3 is 0 Å². The smallest absolute Gasteiger partial charge is 0.232 e. The van der Waals surface area contributed by atoms with Crippen LogP contribution in [-0.4, -0.2) is 34.0 Å². The van der Waals surface area contributed by atoms with Gasteiger partial charge in [0.05, 0.1) is 6.61 Å². The molecule has 1 fully saturated rings. The minimum absolute atomic E-state index is 0.192. The number of nitrogens with one attached hydrogen (secondary N) is 2. The van der Waals surface area contributed by atoms with Crippen LogP contribution in [-0.2, 0) is 24.1 Å². The van der Waals surface area contributed by atoms with Gasteiger partial charge < -0.3 is 10.1 Å². The van der Waals surface area contributed by atoms with Crippen LogP contribution in [0.5, 0.6) is 5.75 Å². The molecular formula is C23H28ClFN2O3S. The Morgan fingerprint density at radius 1 is 1.32 bits per heavy atom. The van der Waals surface area contributed by atoms with E-state index < -0.39 is 11.3 Å². The van der Waals surface area contributed by atoms with E-state index in [2.05, 4.69) is 16.1 Å². The summed E-state index contributed by atoms with van der Waals surface area (Å²) in [5, 5.41) is 4.08. The Morgan fingerprint density at radius 2 is 2.13 bits per heavy atom. The first-order chi connectivity index (χ1) is 14.9. The molecule has 0 aliphatic heterocycles. The van der Waals surface area contributed by atoms with E-state index in [1.807, 2.05) is 31.3 Å². The average Bonchev–Trinajstić information content (AvgIpc) is 3.02. The van der Waals surface area contributed by atoms with Crippen molar-refractivity contribution in [3.63, 3.8) is 0 Å². The largest absolute Gasteiger partial charge is 0.490 e. The van der Waals surface area contributed by atoms with Gasteiger partial charge in [-0.15, -0.1) is 0 Å². The van der Waals surface area contributed by atoms with Crippen molar-refractivity contribution in [1.29, 1.82) is 0 Å². The van der Waals surface area contributed by atoms with Crippen molar-refractivity contribution in [1.82, 2.24) is 10.0 Å². The summed E-state index contributed by atoms with van der Waals surface area (Å²) in [6.45, 7) is 0.286. The highest BCUT2D eigenvalue weighted by Crippen LogP contribution is 2.40. The van der Waals surface area contributed by atoms with E-state index in [1.165, 1.54) is 0 Å². The summed E-state index contributed by atoms with van der Waals surface area (Å²) in [6, 6.07) is 11.5. The van der Waals surface area contributed by atoms with Gasteiger partial charge in [0.15, 0.2) is 11.6 Å². The fraction of sp³-hybridized carbons (Fsp3) is 0.478. The van der Waals surface area contributed by atoms with Crippen LogP contribution >= 0.6 is 11.6 Å². The first kappa shape index (κ1) is 22.7. The maximum absolute atomic E-state index is 14.7. The molecule has 1 saturated carbocycles. The second-order valence-electron chi connectivity index (χ2n) is 8.60. The SMILES string of the molecule is CNC1Cc2cc(F)c(OCCC3(NS(=O)O)CCC3)cc2C1Cc1cccc(Cl)c1. The zero-order valence-electron chi connectivity index (χ0n) is 17.5. The summed E-state index contributed by atoms with van der Waals surface area (Å²) < 4.78 is 43.6. The van der Waals surface area contributed by atoms with Gasteiger partial charge in [0.2, 0.25) is 11.3 Å². The first-order valence-electron chi connectivity index (χ1n) is 10.6. The molecule has 168 valence electrons. The highest BCUT2D eigenvalue weighted by Gasteiger charge is 2.38. The maximum Gasteiger partial charge on any atom is 0.232 e. The zero-order valence-corrected chi connectivity index (χ0v) is 19.1. The number of ether oxygens (including phenoxy) is 1. The molecule has 2 aromatic rings. The third-order valence-corrected chi connectivity index (χ3v) is 7.53. The third kappa shape index (κ3) is 5.12. The average molecular weight is 467 g/mol. The number of fused-ring (bicyclic) bond motifs is 1. The van der Waals surface area contributed by atoms with E-state index in [1.54, 1.807) is 6.07 Å². The van der Waals surface area contributed by atoms with Crippen LogP contribution in [0.15, 0.2) is 36.4 Å². The molecule has 4 rings (SSSR count). The molecule has 3 N–H and O–H groups in total. The van der Waals surface area contributed by atoms with Gasteiger partial charge in [-0.1, -0.05) is 23.7 Å². The molecule has 8 heteroatoms. The van der Waals surface area contributed by atoms with Gasteiger partial charge in [-0.2, -0.15) is 0 Å². The predicted octanol–water partition coefficient (Wildman–Crippen LogP) is 4.37. The lowest BCUT2D eigenvalue weighted by Gasteiger charge is -2.41. The minimum Gasteiger partial charge on any atom is -0.490 e. The molecule has 3 atom stereocenters. The lowest BCUT2D eigenvalue weighted by molar-refractivity contribution is 0.162. The van der Waals surface area contributed by atoms with Crippen molar-refractivity contribution in [2.75, 3.05) is 13.7 Å². The van der Waals surface area contributed by atoms with Crippen LogP contribution in [0.4, 0.5) is 4.39 Å². The molecule has 0 heterocycles. The van der Waals surface area contributed by atoms with Crippen LogP contribution in [0.1, 0.15) is 48.3 Å². The highest BCUT2D eigenvalue weighted by atomic mass is 35.5. The van der Waals surface area contributed by atoms with Crippen molar-refractivity contribution in [2.45, 2.75) is 56.0 Å². The van der Waals surface area contributed by atoms with E-state index in [0.717, 1.165) is 48.8 Å². The second-order valence-corrected chi connectivity index (χ2v) is 9.74. The molecule has 0 saturated heterocycles.